The van der Waals surface area contributed by atoms with Gasteiger partial charge in [0, 0.05) is 15.4 Å². The van der Waals surface area contributed by atoms with Gasteiger partial charge in [0.15, 0.2) is 11.3 Å². The molecule has 2 nitrogen and oxygen atoms in total. The average molecular weight is 350 g/mol. The molecule has 0 radical (unpaired) electrons. The second-order valence-electron chi connectivity index (χ2n) is 4.58. The number of benzene rings is 2. The van der Waals surface area contributed by atoms with Gasteiger partial charge in [0.2, 0.25) is 5.78 Å². The molecule has 3 rings (SSSR count). The summed E-state index contributed by atoms with van der Waals surface area (Å²) in [5.41, 5.74) is 2.20. The summed E-state index contributed by atoms with van der Waals surface area (Å²) in [6.45, 7) is 1.97. The van der Waals surface area contributed by atoms with Crippen LogP contribution in [0.1, 0.15) is 21.7 Å². The maximum atomic E-state index is 12.5. The average Bonchev–Trinajstić information content (AvgIpc) is 2.83. The Morgan fingerprint density at radius 2 is 2.00 bits per heavy atom. The zero-order valence-electron chi connectivity index (χ0n) is 10.6. The number of halogens is 2. The second kappa shape index (κ2) is 5.08. The molecule has 0 atom stereocenters. The minimum absolute atomic E-state index is 0.163. The Morgan fingerprint density at radius 3 is 2.70 bits per heavy atom. The number of carbonyl (C=O) groups is 1. The van der Waals surface area contributed by atoms with E-state index in [1.54, 1.807) is 18.2 Å². The molecule has 0 aliphatic rings. The first-order valence-electron chi connectivity index (χ1n) is 6.05. The molecular weight excluding hydrogens is 340 g/mol. The molecule has 0 saturated heterocycles. The number of fused-ring (bicyclic) bond motifs is 1. The third-order valence-electron chi connectivity index (χ3n) is 3.09. The maximum absolute atomic E-state index is 12.5. The number of aryl methyl sites for hydroxylation is 1. The summed E-state index contributed by atoms with van der Waals surface area (Å²) in [5, 5.41) is 1.33. The fourth-order valence-electron chi connectivity index (χ4n) is 2.08. The smallest absolute Gasteiger partial charge is 0.229 e. The minimum atomic E-state index is -0.163. The van der Waals surface area contributed by atoms with Crippen LogP contribution >= 0.6 is 27.5 Å². The molecule has 4 heteroatoms. The highest BCUT2D eigenvalue weighted by Crippen LogP contribution is 2.29. The molecule has 0 N–H and O–H groups in total. The molecule has 1 aromatic heterocycles. The van der Waals surface area contributed by atoms with Crippen molar-refractivity contribution in [3.8, 4) is 0 Å². The SMILES string of the molecule is Cc1ccc(C(=O)c2cc3cccc(Cl)c3o2)c(Br)c1. The maximum Gasteiger partial charge on any atom is 0.229 e. The summed E-state index contributed by atoms with van der Waals surface area (Å²) in [7, 11) is 0. The molecule has 0 unspecified atom stereocenters. The van der Waals surface area contributed by atoms with Crippen LogP contribution in [-0.4, -0.2) is 5.78 Å². The highest BCUT2D eigenvalue weighted by Gasteiger charge is 2.18. The summed E-state index contributed by atoms with van der Waals surface area (Å²) in [5.74, 6) is 0.127. The van der Waals surface area contributed by atoms with E-state index in [1.807, 2.05) is 31.2 Å². The first kappa shape index (κ1) is 13.4. The van der Waals surface area contributed by atoms with Crippen LogP contribution in [0.15, 0.2) is 51.4 Å². The fourth-order valence-corrected chi connectivity index (χ4v) is 2.97. The molecule has 0 bridgehead atoms. The predicted octanol–water partition coefficient (Wildman–Crippen LogP) is 5.39. The molecule has 0 amide bonds. The van der Waals surface area contributed by atoms with E-state index >= 15 is 0 Å². The van der Waals surface area contributed by atoms with E-state index in [1.165, 1.54) is 0 Å². The van der Waals surface area contributed by atoms with E-state index in [9.17, 15) is 4.79 Å². The second-order valence-corrected chi connectivity index (χ2v) is 5.84. The van der Waals surface area contributed by atoms with Gasteiger partial charge in [-0.3, -0.25) is 4.79 Å². The van der Waals surface area contributed by atoms with Crippen LogP contribution < -0.4 is 0 Å². The van der Waals surface area contributed by atoms with Crippen LogP contribution in [-0.2, 0) is 0 Å². The molecule has 0 spiro atoms. The third-order valence-corrected chi connectivity index (χ3v) is 4.04. The summed E-state index contributed by atoms with van der Waals surface area (Å²) in [6.07, 6.45) is 0. The molecule has 0 aliphatic heterocycles. The highest BCUT2D eigenvalue weighted by molar-refractivity contribution is 9.10. The number of furan rings is 1. The Bertz CT molecular complexity index is 820. The first-order chi connectivity index (χ1) is 9.56. The molecular formula is C16H10BrClO2. The van der Waals surface area contributed by atoms with Crippen LogP contribution in [0.3, 0.4) is 0 Å². The number of rotatable bonds is 2. The third kappa shape index (κ3) is 2.28. The van der Waals surface area contributed by atoms with Crippen molar-refractivity contribution in [3.63, 3.8) is 0 Å². The van der Waals surface area contributed by atoms with Gasteiger partial charge in [-0.05, 0) is 36.8 Å². The van der Waals surface area contributed by atoms with E-state index in [0.29, 0.717) is 16.2 Å². The standard InChI is InChI=1S/C16H10BrClO2/c1-9-5-6-11(12(17)7-9)15(19)14-8-10-3-2-4-13(18)16(10)20-14/h2-8H,1H3. The van der Waals surface area contributed by atoms with E-state index in [-0.39, 0.29) is 11.5 Å². The van der Waals surface area contributed by atoms with Crippen LogP contribution in [0, 0.1) is 6.92 Å². The van der Waals surface area contributed by atoms with Crippen LogP contribution in [0.25, 0.3) is 11.0 Å². The number of hydrogen-bond acceptors (Lipinski definition) is 2. The fraction of sp³-hybridized carbons (Fsp3) is 0.0625. The van der Waals surface area contributed by atoms with Crippen molar-refractivity contribution >= 4 is 44.3 Å². The summed E-state index contributed by atoms with van der Waals surface area (Å²) in [6, 6.07) is 12.7. The van der Waals surface area contributed by atoms with Crippen molar-refractivity contribution < 1.29 is 9.21 Å². The van der Waals surface area contributed by atoms with Gasteiger partial charge in [-0.2, -0.15) is 0 Å². The number of ketones is 1. The molecule has 20 heavy (non-hydrogen) atoms. The molecule has 0 aliphatic carbocycles. The summed E-state index contributed by atoms with van der Waals surface area (Å²) >= 11 is 9.47. The topological polar surface area (TPSA) is 30.2 Å². The molecule has 1 heterocycles. The van der Waals surface area contributed by atoms with Crippen molar-refractivity contribution in [1.82, 2.24) is 0 Å². The normalized spacial score (nSPS) is 10.9. The van der Waals surface area contributed by atoms with Crippen molar-refractivity contribution in [2.24, 2.45) is 0 Å². The van der Waals surface area contributed by atoms with Gasteiger partial charge in [0.05, 0.1) is 5.02 Å². The molecule has 3 aromatic rings. The number of para-hydroxylation sites is 1. The van der Waals surface area contributed by atoms with E-state index in [0.717, 1.165) is 15.4 Å². The van der Waals surface area contributed by atoms with Crippen molar-refractivity contribution in [2.45, 2.75) is 6.92 Å². The Labute approximate surface area is 129 Å². The van der Waals surface area contributed by atoms with Gasteiger partial charge in [0.25, 0.3) is 0 Å². The summed E-state index contributed by atoms with van der Waals surface area (Å²) in [4.78, 5) is 12.5. The number of hydrogen-bond donors (Lipinski definition) is 0. The quantitative estimate of drug-likeness (QED) is 0.581. The Morgan fingerprint density at radius 1 is 1.20 bits per heavy atom. The van der Waals surface area contributed by atoms with Gasteiger partial charge in [-0.15, -0.1) is 0 Å². The van der Waals surface area contributed by atoms with E-state index in [4.69, 9.17) is 16.0 Å². The van der Waals surface area contributed by atoms with Gasteiger partial charge in [0.1, 0.15) is 0 Å². The summed E-state index contributed by atoms with van der Waals surface area (Å²) < 4.78 is 6.36. The monoisotopic (exact) mass is 348 g/mol. The van der Waals surface area contributed by atoms with Gasteiger partial charge >= 0.3 is 0 Å². The van der Waals surface area contributed by atoms with Crippen LogP contribution in [0.4, 0.5) is 0 Å². The van der Waals surface area contributed by atoms with Crippen LogP contribution in [0.2, 0.25) is 5.02 Å². The zero-order valence-corrected chi connectivity index (χ0v) is 13.0. The Balaban J connectivity index is 2.10. The van der Waals surface area contributed by atoms with Crippen molar-refractivity contribution in [3.05, 3.63) is 68.8 Å². The molecule has 0 fully saturated rings. The lowest BCUT2D eigenvalue weighted by molar-refractivity contribution is 0.101. The van der Waals surface area contributed by atoms with Gasteiger partial charge in [-0.25, -0.2) is 0 Å². The zero-order chi connectivity index (χ0) is 14.3. The molecule has 100 valence electrons. The molecule has 2 aromatic carbocycles. The van der Waals surface area contributed by atoms with Gasteiger partial charge in [-0.1, -0.05) is 45.7 Å². The predicted molar refractivity (Wildman–Crippen MR) is 83.5 cm³/mol. The highest BCUT2D eigenvalue weighted by atomic mass is 79.9. The lowest BCUT2D eigenvalue weighted by atomic mass is 10.1. The van der Waals surface area contributed by atoms with E-state index in [2.05, 4.69) is 15.9 Å². The van der Waals surface area contributed by atoms with Crippen molar-refractivity contribution in [2.75, 3.05) is 0 Å². The van der Waals surface area contributed by atoms with E-state index < -0.39 is 0 Å². The lowest BCUT2D eigenvalue weighted by Gasteiger charge is -2.02. The van der Waals surface area contributed by atoms with Crippen molar-refractivity contribution in [1.29, 1.82) is 0 Å². The minimum Gasteiger partial charge on any atom is -0.451 e. The Hall–Kier alpha value is -1.58. The first-order valence-corrected chi connectivity index (χ1v) is 7.22. The Kier molecular flexibility index (Phi) is 3.40. The number of carbonyl (C=O) groups excluding carboxylic acids is 1. The van der Waals surface area contributed by atoms with Crippen LogP contribution in [0.5, 0.6) is 0 Å². The lowest BCUT2D eigenvalue weighted by Crippen LogP contribution is -2.00. The largest absolute Gasteiger partial charge is 0.451 e. The molecule has 0 saturated carbocycles. The van der Waals surface area contributed by atoms with Gasteiger partial charge < -0.3 is 4.42 Å².